The predicted molar refractivity (Wildman–Crippen MR) is 64.6 cm³/mol. The van der Waals surface area contributed by atoms with Crippen LogP contribution in [-0.2, 0) is 12.7 Å². The van der Waals surface area contributed by atoms with Gasteiger partial charge in [-0.2, -0.15) is 13.2 Å². The number of H-pyrrole nitrogens is 1. The van der Waals surface area contributed by atoms with Crippen molar-refractivity contribution >= 4 is 22.6 Å². The lowest BCUT2D eigenvalue weighted by atomic mass is 10.2. The van der Waals surface area contributed by atoms with Gasteiger partial charge in [-0.05, 0) is 18.2 Å². The zero-order valence-corrected chi connectivity index (χ0v) is 10.2. The van der Waals surface area contributed by atoms with Crippen LogP contribution in [0.2, 0.25) is 0 Å². The number of aryl methyl sites for hydroxylation is 1. The molecular formula is C11H8ClF3N2O2. The molecule has 4 nitrogen and oxygen atoms in total. The Labute approximate surface area is 109 Å². The molecular weight excluding hydrogens is 285 g/mol. The number of aromatic amines is 1. The number of halogens is 4. The minimum atomic E-state index is -4.52. The summed E-state index contributed by atoms with van der Waals surface area (Å²) < 4.78 is 38.7. The number of benzene rings is 1. The molecule has 1 N–H and O–H groups in total. The molecule has 0 fully saturated rings. The van der Waals surface area contributed by atoms with Crippen LogP contribution in [0.4, 0.5) is 13.2 Å². The summed E-state index contributed by atoms with van der Waals surface area (Å²) in [6, 6.07) is 2.79. The van der Waals surface area contributed by atoms with E-state index in [1.165, 1.54) is 0 Å². The third-order valence-electron chi connectivity index (χ3n) is 2.61. The van der Waals surface area contributed by atoms with Crippen molar-refractivity contribution in [1.82, 2.24) is 9.55 Å². The second kappa shape index (κ2) is 4.73. The van der Waals surface area contributed by atoms with E-state index in [9.17, 15) is 22.8 Å². The summed E-state index contributed by atoms with van der Waals surface area (Å²) in [4.78, 5) is 25.1. The van der Waals surface area contributed by atoms with Crippen LogP contribution < -0.4 is 11.1 Å². The van der Waals surface area contributed by atoms with Crippen LogP contribution in [-0.4, -0.2) is 15.4 Å². The molecule has 8 heteroatoms. The van der Waals surface area contributed by atoms with E-state index in [1.54, 1.807) is 0 Å². The van der Waals surface area contributed by atoms with Crippen LogP contribution in [0, 0.1) is 0 Å². The molecule has 2 rings (SSSR count). The third-order valence-corrected chi connectivity index (χ3v) is 2.78. The minimum absolute atomic E-state index is 0.0478. The fraction of sp³-hybridized carbons (Fsp3) is 0.273. The van der Waals surface area contributed by atoms with E-state index in [0.29, 0.717) is 0 Å². The molecule has 0 unspecified atom stereocenters. The van der Waals surface area contributed by atoms with Crippen LogP contribution in [0.5, 0.6) is 0 Å². The van der Waals surface area contributed by atoms with Crippen molar-refractivity contribution in [1.29, 1.82) is 0 Å². The molecule has 0 radical (unpaired) electrons. The topological polar surface area (TPSA) is 54.9 Å². The van der Waals surface area contributed by atoms with Crippen molar-refractivity contribution in [3.05, 3.63) is 44.5 Å². The van der Waals surface area contributed by atoms with Gasteiger partial charge in [-0.25, -0.2) is 0 Å². The quantitative estimate of drug-likeness (QED) is 0.679. The highest BCUT2D eigenvalue weighted by Gasteiger charge is 2.30. The van der Waals surface area contributed by atoms with Gasteiger partial charge in [0.1, 0.15) is 0 Å². The highest BCUT2D eigenvalue weighted by Crippen LogP contribution is 2.30. The Hall–Kier alpha value is -1.76. The predicted octanol–water partition coefficient (Wildman–Crippen LogP) is 1.95. The monoisotopic (exact) mass is 292 g/mol. The lowest BCUT2D eigenvalue weighted by molar-refractivity contribution is -0.137. The zero-order valence-electron chi connectivity index (χ0n) is 9.42. The average molecular weight is 293 g/mol. The molecule has 0 aliphatic carbocycles. The van der Waals surface area contributed by atoms with Crippen molar-refractivity contribution in [3.8, 4) is 0 Å². The third kappa shape index (κ3) is 2.51. The van der Waals surface area contributed by atoms with Crippen LogP contribution in [0.3, 0.4) is 0 Å². The Morgan fingerprint density at radius 1 is 1.26 bits per heavy atom. The maximum Gasteiger partial charge on any atom is 0.416 e. The molecule has 0 atom stereocenters. The molecule has 19 heavy (non-hydrogen) atoms. The number of nitrogens with one attached hydrogen (secondary N) is 1. The average Bonchev–Trinajstić information content (AvgIpc) is 2.33. The fourth-order valence-corrected chi connectivity index (χ4v) is 1.93. The standard InChI is InChI=1S/C11H8ClF3N2O2/c12-3-4-17-8-2-1-6(11(13,14)15)5-7(8)16-9(18)10(17)19/h1-2,5H,3-4H2,(H,16,18). The SMILES string of the molecule is O=c1[nH]c2cc(C(F)(F)F)ccc2n(CCCl)c1=O. The Morgan fingerprint density at radius 2 is 1.95 bits per heavy atom. The first-order valence-corrected chi connectivity index (χ1v) is 5.78. The second-order valence-corrected chi connectivity index (χ2v) is 4.21. The molecule has 0 aliphatic heterocycles. The van der Waals surface area contributed by atoms with Gasteiger partial charge < -0.3 is 9.55 Å². The highest BCUT2D eigenvalue weighted by molar-refractivity contribution is 6.17. The first-order valence-electron chi connectivity index (χ1n) is 5.24. The Morgan fingerprint density at radius 3 is 2.53 bits per heavy atom. The Balaban J connectivity index is 2.79. The van der Waals surface area contributed by atoms with Crippen molar-refractivity contribution in [2.45, 2.75) is 12.7 Å². The van der Waals surface area contributed by atoms with Crippen LogP contribution in [0.25, 0.3) is 11.0 Å². The van der Waals surface area contributed by atoms with E-state index in [2.05, 4.69) is 4.98 Å². The molecule has 2 aromatic rings. The van der Waals surface area contributed by atoms with Gasteiger partial charge in [-0.1, -0.05) is 0 Å². The van der Waals surface area contributed by atoms with E-state index in [0.717, 1.165) is 22.8 Å². The summed E-state index contributed by atoms with van der Waals surface area (Å²) in [5.41, 5.74) is -2.56. The van der Waals surface area contributed by atoms with Gasteiger partial charge in [0.05, 0.1) is 16.6 Å². The lowest BCUT2D eigenvalue weighted by Crippen LogP contribution is -2.36. The van der Waals surface area contributed by atoms with Gasteiger partial charge in [0.15, 0.2) is 0 Å². The Bertz CT molecular complexity index is 733. The number of aromatic nitrogens is 2. The van der Waals surface area contributed by atoms with E-state index in [4.69, 9.17) is 11.6 Å². The van der Waals surface area contributed by atoms with Gasteiger partial charge in [0, 0.05) is 12.4 Å². The molecule has 0 saturated carbocycles. The molecule has 1 heterocycles. The van der Waals surface area contributed by atoms with Gasteiger partial charge in [0.25, 0.3) is 0 Å². The highest BCUT2D eigenvalue weighted by atomic mass is 35.5. The maximum atomic E-state index is 12.6. The number of rotatable bonds is 2. The van der Waals surface area contributed by atoms with E-state index < -0.39 is 22.9 Å². The summed E-state index contributed by atoms with van der Waals surface area (Å²) in [6.45, 7) is 0.0478. The maximum absolute atomic E-state index is 12.6. The molecule has 102 valence electrons. The molecule has 1 aromatic carbocycles. The summed E-state index contributed by atoms with van der Waals surface area (Å²) in [5.74, 6) is 0.0689. The number of fused-ring (bicyclic) bond motifs is 1. The number of nitrogens with zero attached hydrogens (tertiary/aromatic N) is 1. The summed E-state index contributed by atoms with van der Waals surface area (Å²) in [7, 11) is 0. The molecule has 0 bridgehead atoms. The largest absolute Gasteiger partial charge is 0.416 e. The normalized spacial score (nSPS) is 12.0. The van der Waals surface area contributed by atoms with Crippen molar-refractivity contribution < 1.29 is 13.2 Å². The van der Waals surface area contributed by atoms with E-state index in [1.807, 2.05) is 0 Å². The molecule has 0 aliphatic rings. The van der Waals surface area contributed by atoms with Crippen molar-refractivity contribution in [2.75, 3.05) is 5.88 Å². The van der Waals surface area contributed by atoms with Crippen LogP contribution in [0.1, 0.15) is 5.56 Å². The molecule has 0 amide bonds. The number of hydrogen-bond donors (Lipinski definition) is 1. The Kier molecular flexibility index (Phi) is 3.40. The first-order chi connectivity index (χ1) is 8.84. The van der Waals surface area contributed by atoms with Crippen molar-refractivity contribution in [3.63, 3.8) is 0 Å². The fourth-order valence-electron chi connectivity index (χ4n) is 1.76. The second-order valence-electron chi connectivity index (χ2n) is 3.83. The van der Waals surface area contributed by atoms with E-state index >= 15 is 0 Å². The summed E-state index contributed by atoms with van der Waals surface area (Å²) in [6.07, 6.45) is -4.52. The van der Waals surface area contributed by atoms with Crippen LogP contribution in [0.15, 0.2) is 27.8 Å². The zero-order chi connectivity index (χ0) is 14.2. The molecule has 0 saturated heterocycles. The van der Waals surface area contributed by atoms with E-state index in [-0.39, 0.29) is 23.5 Å². The van der Waals surface area contributed by atoms with Gasteiger partial charge in [0.2, 0.25) is 0 Å². The molecule has 1 aromatic heterocycles. The minimum Gasteiger partial charge on any atom is -0.316 e. The number of hydrogen-bond acceptors (Lipinski definition) is 2. The summed E-state index contributed by atoms with van der Waals surface area (Å²) in [5, 5.41) is 0. The molecule has 0 spiro atoms. The smallest absolute Gasteiger partial charge is 0.316 e. The van der Waals surface area contributed by atoms with Gasteiger partial charge in [-0.3, -0.25) is 9.59 Å². The lowest BCUT2D eigenvalue weighted by Gasteiger charge is -2.11. The summed E-state index contributed by atoms with van der Waals surface area (Å²) >= 11 is 5.51. The number of alkyl halides is 4. The van der Waals surface area contributed by atoms with Crippen LogP contribution >= 0.6 is 11.6 Å². The van der Waals surface area contributed by atoms with Crippen molar-refractivity contribution in [2.24, 2.45) is 0 Å². The van der Waals surface area contributed by atoms with Gasteiger partial charge >= 0.3 is 17.3 Å². The first kappa shape index (κ1) is 13.7. The van der Waals surface area contributed by atoms with Gasteiger partial charge in [-0.15, -0.1) is 11.6 Å².